The second-order valence-corrected chi connectivity index (χ2v) is 20.7. The molecule has 8 rings (SSSR count). The number of hydrazine groups is 1. The Labute approximate surface area is 463 Å². The maximum absolute atomic E-state index is 14.0. The van der Waals surface area contributed by atoms with Crippen molar-refractivity contribution in [2.24, 2.45) is 0 Å². The number of anilines is 5. The number of nitriles is 1. The van der Waals surface area contributed by atoms with Crippen LogP contribution in [-0.4, -0.2) is 76.1 Å². The molecule has 6 aromatic rings. The van der Waals surface area contributed by atoms with Crippen molar-refractivity contribution in [1.29, 1.82) is 5.26 Å². The van der Waals surface area contributed by atoms with Crippen molar-refractivity contribution < 1.29 is 39.5 Å². The van der Waals surface area contributed by atoms with E-state index in [-0.39, 0.29) is 67.3 Å². The van der Waals surface area contributed by atoms with Gasteiger partial charge in [0.2, 0.25) is 0 Å². The molecule has 18 nitrogen and oxygen atoms in total. The van der Waals surface area contributed by atoms with Gasteiger partial charge in [0.25, 0.3) is 11.4 Å². The van der Waals surface area contributed by atoms with Gasteiger partial charge in [-0.25, -0.2) is 0 Å². The van der Waals surface area contributed by atoms with Crippen LogP contribution >= 0.6 is 0 Å². The molecule has 0 amide bonds. The first-order valence-electron chi connectivity index (χ1n) is 26.1. The molecule has 5 N–H and O–H groups in total. The average Bonchev–Trinajstić information content (AvgIpc) is 3.83. The number of nitro benzene ring substituents is 2. The number of carbonyl (C=O) groups is 3. The van der Waals surface area contributed by atoms with E-state index in [4.69, 9.17) is 0 Å². The van der Waals surface area contributed by atoms with Gasteiger partial charge in [-0.15, -0.1) is 0 Å². The number of nitrogens with one attached hydrogen (secondary N) is 2. The number of carbonyl (C=O) groups excluding carboxylic acids is 1. The molecule has 0 aliphatic carbocycles. The maximum Gasteiger partial charge on any atom is 0.305 e. The number of allylic oxidation sites excluding steroid dienone is 5. The van der Waals surface area contributed by atoms with Gasteiger partial charge in [0, 0.05) is 103 Å². The van der Waals surface area contributed by atoms with Crippen molar-refractivity contribution >= 4 is 57.5 Å². The fourth-order valence-corrected chi connectivity index (χ4v) is 11.0. The standard InChI is InChI=1S/C62H62N8O10/c1-61(31-9-12-41-10-7-13-48(34-41)69(77)78)50-15-5-6-16-53(50)67(32-29-59(73)74)57(61)27-18-42(40-63)19-28-58-62(2,39-44-11-8-14-49(35-44)70(79)80)51-36-43(17-26-54(51)68(58)33-30-60(75)76)37-55(71)45-20-22-46(23-21-45)64-65-52-25-24-47(66(3)4)38-56(52)72/h5-8,10-11,13-28,34-36,38,58,64-65,72H,9,12,29-33,37,39H2,1-4H3,(H,73,74)(H,75,76)/b28-19+,42-18-,57-27+. The predicted octanol–water partition coefficient (Wildman–Crippen LogP) is 11.5. The smallest absolute Gasteiger partial charge is 0.305 e. The first kappa shape index (κ1) is 56.4. The number of rotatable bonds is 24. The maximum atomic E-state index is 14.0. The topological polar surface area (TPSA) is 256 Å². The van der Waals surface area contributed by atoms with Crippen LogP contribution < -0.4 is 25.6 Å². The first-order chi connectivity index (χ1) is 38.3. The van der Waals surface area contributed by atoms with Crippen molar-refractivity contribution in [3.63, 3.8) is 0 Å². The zero-order valence-corrected chi connectivity index (χ0v) is 44.8. The van der Waals surface area contributed by atoms with Crippen molar-refractivity contribution in [2.75, 3.05) is 52.7 Å². The normalized spacial score (nSPS) is 17.9. The monoisotopic (exact) mass is 1080 g/mol. The molecule has 0 spiro atoms. The summed E-state index contributed by atoms with van der Waals surface area (Å²) < 4.78 is 0. The number of non-ortho nitro benzene ring substituents is 2. The summed E-state index contributed by atoms with van der Waals surface area (Å²) in [7, 11) is 3.75. The van der Waals surface area contributed by atoms with E-state index in [1.165, 1.54) is 18.2 Å². The molecule has 2 aliphatic rings. The Bertz CT molecular complexity index is 3500. The van der Waals surface area contributed by atoms with Gasteiger partial charge >= 0.3 is 11.9 Å². The Morgan fingerprint density at radius 3 is 2.10 bits per heavy atom. The number of ketones is 1. The van der Waals surface area contributed by atoms with Gasteiger partial charge in [0.1, 0.15) is 5.75 Å². The fraction of sp³-hybridized carbons (Fsp3) is 0.258. The summed E-state index contributed by atoms with van der Waals surface area (Å²) in [6.07, 6.45) is 8.68. The van der Waals surface area contributed by atoms with Crippen LogP contribution in [0.4, 0.5) is 39.8 Å². The van der Waals surface area contributed by atoms with Gasteiger partial charge in [-0.05, 0) is 127 Å². The molecule has 2 heterocycles. The van der Waals surface area contributed by atoms with E-state index in [1.54, 1.807) is 72.8 Å². The molecule has 0 saturated heterocycles. The Balaban J connectivity index is 1.12. The van der Waals surface area contributed by atoms with Gasteiger partial charge < -0.3 is 35.4 Å². The number of carboxylic acid groups (broad SMARTS) is 2. The average molecular weight is 1080 g/mol. The Morgan fingerprint density at radius 1 is 0.762 bits per heavy atom. The Morgan fingerprint density at radius 2 is 1.44 bits per heavy atom. The number of aromatic hydroxyl groups is 1. The second-order valence-electron chi connectivity index (χ2n) is 20.7. The number of fused-ring (bicyclic) bond motifs is 2. The summed E-state index contributed by atoms with van der Waals surface area (Å²) in [5.41, 5.74) is 13.2. The van der Waals surface area contributed by atoms with Crippen LogP contribution in [0.1, 0.15) is 77.7 Å². The number of Topliss-reactive ketones (excluding diaryl/α,β-unsaturated/α-hetero) is 1. The minimum atomic E-state index is -1.03. The second kappa shape index (κ2) is 24.3. The quantitative estimate of drug-likeness (QED) is 0.00943. The highest BCUT2D eigenvalue weighted by atomic mass is 16.6. The number of carboxylic acids is 2. The molecular weight excluding hydrogens is 1020 g/mol. The first-order valence-corrected chi connectivity index (χ1v) is 26.1. The van der Waals surface area contributed by atoms with Crippen LogP contribution in [0.3, 0.4) is 0 Å². The highest BCUT2D eigenvalue weighted by Crippen LogP contribution is 2.52. The van der Waals surface area contributed by atoms with Crippen molar-refractivity contribution in [3.05, 3.63) is 223 Å². The summed E-state index contributed by atoms with van der Waals surface area (Å²) >= 11 is 0. The van der Waals surface area contributed by atoms with Crippen LogP contribution in [0.2, 0.25) is 0 Å². The fourth-order valence-electron chi connectivity index (χ4n) is 11.0. The van der Waals surface area contributed by atoms with E-state index in [0.29, 0.717) is 53.0 Å². The number of nitrogens with zero attached hydrogens (tertiary/aromatic N) is 6. The number of para-hydroxylation sites is 1. The molecule has 0 bridgehead atoms. The Kier molecular flexibility index (Phi) is 17.1. The SMILES string of the molecule is CN(C)c1ccc(NNc2ccc(C(=O)Cc3ccc4c(c3)C(C)(Cc3cccc([N+](=O)[O-])c3)C(/C=C/C(C#N)=C/C=C3/N(CCC(=O)O)c5ccccc5C3(C)CCCc3cccc([N+](=O)[O-])c3)N4CCC(=O)O)cc2)c(O)c1. The molecule has 18 heteroatoms. The zero-order chi connectivity index (χ0) is 57.3. The third-order valence-electron chi connectivity index (χ3n) is 15.1. The third-order valence-corrected chi connectivity index (χ3v) is 15.1. The van der Waals surface area contributed by atoms with E-state index in [1.807, 2.05) is 102 Å². The van der Waals surface area contributed by atoms with Gasteiger partial charge in [-0.1, -0.05) is 67.6 Å². The molecule has 0 saturated carbocycles. The van der Waals surface area contributed by atoms with E-state index in [9.17, 15) is 55.2 Å². The van der Waals surface area contributed by atoms with E-state index >= 15 is 0 Å². The van der Waals surface area contributed by atoms with Crippen LogP contribution in [0.5, 0.6) is 5.75 Å². The number of aryl methyl sites for hydroxylation is 1. The zero-order valence-electron chi connectivity index (χ0n) is 44.8. The van der Waals surface area contributed by atoms with Crippen LogP contribution in [0, 0.1) is 31.6 Å². The number of nitro groups is 2. The molecule has 3 unspecified atom stereocenters. The van der Waals surface area contributed by atoms with Crippen molar-refractivity contribution in [1.82, 2.24) is 0 Å². The molecule has 0 aromatic heterocycles. The molecule has 0 radical (unpaired) electrons. The lowest BCUT2D eigenvalue weighted by Gasteiger charge is -2.35. The lowest BCUT2D eigenvalue weighted by molar-refractivity contribution is -0.385. The molecule has 3 atom stereocenters. The van der Waals surface area contributed by atoms with E-state index < -0.39 is 38.7 Å². The van der Waals surface area contributed by atoms with Crippen LogP contribution in [0.15, 0.2) is 169 Å². The number of aliphatic carboxylic acids is 2. The number of phenolic OH excluding ortho intramolecular Hbond substituents is 1. The summed E-state index contributed by atoms with van der Waals surface area (Å²) in [5.74, 6) is -2.11. The minimum absolute atomic E-state index is 0.00314. The molecule has 6 aromatic carbocycles. The lowest BCUT2D eigenvalue weighted by Crippen LogP contribution is -2.44. The van der Waals surface area contributed by atoms with E-state index in [2.05, 4.69) is 23.8 Å². The number of hydrogen-bond acceptors (Lipinski definition) is 14. The molecule has 410 valence electrons. The highest BCUT2D eigenvalue weighted by molar-refractivity contribution is 5.98. The number of benzene rings is 6. The van der Waals surface area contributed by atoms with Gasteiger partial charge in [-0.3, -0.25) is 40.0 Å². The molecular formula is C62H62N8O10. The summed E-state index contributed by atoms with van der Waals surface area (Å²) in [6.45, 7) is 4.28. The predicted molar refractivity (Wildman–Crippen MR) is 308 cm³/mol. The van der Waals surface area contributed by atoms with Crippen molar-refractivity contribution in [2.45, 2.75) is 75.7 Å². The van der Waals surface area contributed by atoms with Gasteiger partial charge in [0.05, 0.1) is 51.7 Å². The highest BCUT2D eigenvalue weighted by Gasteiger charge is 2.47. The minimum Gasteiger partial charge on any atom is -0.506 e. The van der Waals surface area contributed by atoms with E-state index in [0.717, 1.165) is 33.8 Å². The van der Waals surface area contributed by atoms with Crippen LogP contribution in [-0.2, 0) is 39.7 Å². The van der Waals surface area contributed by atoms with Gasteiger partial charge in [-0.2, -0.15) is 5.26 Å². The lowest BCUT2D eigenvalue weighted by atomic mass is 9.73. The Hall–Kier alpha value is -9.76. The summed E-state index contributed by atoms with van der Waals surface area (Å²) in [6, 6.07) is 40.1. The molecule has 2 aliphatic heterocycles. The van der Waals surface area contributed by atoms with Crippen molar-refractivity contribution in [3.8, 4) is 11.8 Å². The molecule has 80 heavy (non-hydrogen) atoms. The number of hydrogen-bond donors (Lipinski definition) is 5. The molecule has 0 fully saturated rings. The third kappa shape index (κ3) is 12.6. The largest absolute Gasteiger partial charge is 0.506 e. The number of phenols is 1. The summed E-state index contributed by atoms with van der Waals surface area (Å²) in [5, 5.41) is 64.8. The van der Waals surface area contributed by atoms with Gasteiger partial charge in [0.15, 0.2) is 5.78 Å². The van der Waals surface area contributed by atoms with Crippen LogP contribution in [0.25, 0.3) is 0 Å². The summed E-state index contributed by atoms with van der Waals surface area (Å²) in [4.78, 5) is 66.8.